The van der Waals surface area contributed by atoms with Crippen LogP contribution >= 0.6 is 15.9 Å². The Hall–Kier alpha value is -0.0800. The molecule has 0 amide bonds. The molecule has 0 fully saturated rings. The van der Waals surface area contributed by atoms with Gasteiger partial charge in [-0.2, -0.15) is 0 Å². The highest BCUT2D eigenvalue weighted by atomic mass is 79.9. The maximum Gasteiger partial charge on any atom is 0.113 e. The molecule has 0 N–H and O–H groups in total. The van der Waals surface area contributed by atoms with Gasteiger partial charge >= 0.3 is 0 Å². The van der Waals surface area contributed by atoms with Crippen LogP contribution in [0.1, 0.15) is 19.3 Å². The minimum absolute atomic E-state index is 1.11. The summed E-state index contributed by atoms with van der Waals surface area (Å²) in [6.07, 6.45) is 6.03. The predicted octanol–water partition coefficient (Wildman–Crippen LogP) is 2.79. The predicted molar refractivity (Wildman–Crippen MR) is 54.9 cm³/mol. The summed E-state index contributed by atoms with van der Waals surface area (Å²) in [4.78, 5) is 0. The van der Waals surface area contributed by atoms with Crippen LogP contribution in [0.4, 0.5) is 0 Å². The van der Waals surface area contributed by atoms with Gasteiger partial charge in [-0.3, -0.25) is 4.48 Å². The van der Waals surface area contributed by atoms with E-state index in [1.807, 2.05) is 0 Å². The smallest absolute Gasteiger partial charge is 0.113 e. The fourth-order valence-electron chi connectivity index (χ4n) is 2.21. The van der Waals surface area contributed by atoms with Crippen molar-refractivity contribution in [1.29, 1.82) is 0 Å². The minimum atomic E-state index is 1.11. The van der Waals surface area contributed by atoms with E-state index in [1.54, 1.807) is 11.3 Å². The van der Waals surface area contributed by atoms with Crippen LogP contribution in [0.3, 0.4) is 0 Å². The van der Waals surface area contributed by atoms with E-state index in [2.05, 4.69) is 36.1 Å². The van der Waals surface area contributed by atoms with Crippen molar-refractivity contribution < 1.29 is 4.48 Å². The number of allylic oxidation sites excluding steroid dienone is 3. The molecule has 0 aromatic heterocycles. The lowest BCUT2D eigenvalue weighted by molar-refractivity contribution is -0.847. The molecule has 1 heterocycles. The van der Waals surface area contributed by atoms with E-state index < -0.39 is 0 Å². The van der Waals surface area contributed by atoms with Gasteiger partial charge in [0.05, 0.1) is 20.6 Å². The third kappa shape index (κ3) is 1.17. The van der Waals surface area contributed by atoms with Gasteiger partial charge in [0.25, 0.3) is 0 Å². The van der Waals surface area contributed by atoms with Gasteiger partial charge in [-0.15, -0.1) is 0 Å². The molecule has 0 unspecified atom stereocenters. The van der Waals surface area contributed by atoms with Crippen LogP contribution in [0.5, 0.6) is 0 Å². The summed E-state index contributed by atoms with van der Waals surface area (Å²) >= 11 is 3.64. The minimum Gasteiger partial charge on any atom is -0.299 e. The number of hydrogen-bond donors (Lipinski definition) is 0. The summed E-state index contributed by atoms with van der Waals surface area (Å²) in [5, 5.41) is 0. The monoisotopic (exact) mass is 228 g/mol. The van der Waals surface area contributed by atoms with Crippen LogP contribution in [0.15, 0.2) is 21.8 Å². The van der Waals surface area contributed by atoms with Gasteiger partial charge in [0.2, 0.25) is 0 Å². The van der Waals surface area contributed by atoms with Crippen molar-refractivity contribution in [3.8, 4) is 0 Å². The van der Waals surface area contributed by atoms with Crippen molar-refractivity contribution in [3.63, 3.8) is 0 Å². The SMILES string of the molecule is C[N+]1(C)CCC2=C1CCC=C2Br. The molecule has 0 radical (unpaired) electrons. The van der Waals surface area contributed by atoms with Crippen LogP contribution in [0.2, 0.25) is 0 Å². The summed E-state index contributed by atoms with van der Waals surface area (Å²) in [7, 11) is 4.63. The second-order valence-corrected chi connectivity index (χ2v) is 5.03. The Morgan fingerprint density at radius 2 is 2.08 bits per heavy atom. The summed E-state index contributed by atoms with van der Waals surface area (Å²) < 4.78 is 2.46. The highest BCUT2D eigenvalue weighted by Crippen LogP contribution is 2.40. The van der Waals surface area contributed by atoms with Gasteiger partial charge in [-0.25, -0.2) is 0 Å². The molecule has 0 bridgehead atoms. The van der Waals surface area contributed by atoms with Gasteiger partial charge in [-0.05, 0) is 6.42 Å². The van der Waals surface area contributed by atoms with Crippen LogP contribution in [-0.2, 0) is 0 Å². The zero-order chi connectivity index (χ0) is 8.77. The number of quaternary nitrogens is 1. The molecule has 0 atom stereocenters. The molecule has 0 saturated heterocycles. The molecule has 0 aromatic rings. The van der Waals surface area contributed by atoms with E-state index in [0.29, 0.717) is 0 Å². The number of halogens is 1. The van der Waals surface area contributed by atoms with E-state index in [-0.39, 0.29) is 0 Å². The highest BCUT2D eigenvalue weighted by molar-refractivity contribution is 9.12. The first-order chi connectivity index (χ1) is 5.61. The van der Waals surface area contributed by atoms with Crippen LogP contribution in [0, 0.1) is 0 Å². The summed E-state index contributed by atoms with van der Waals surface area (Å²) in [6.45, 7) is 1.27. The standard InChI is InChI=1S/C10H15BrN/c1-12(2)7-6-8-9(11)4-3-5-10(8)12/h4H,3,5-7H2,1-2H3/q+1. The summed E-state index contributed by atoms with van der Waals surface area (Å²) in [5.74, 6) is 0. The molecule has 1 nitrogen and oxygen atoms in total. The molecule has 1 aliphatic heterocycles. The zero-order valence-corrected chi connectivity index (χ0v) is 9.32. The molecule has 2 rings (SSSR count). The third-order valence-electron chi connectivity index (χ3n) is 2.99. The Kier molecular flexibility index (Phi) is 1.92. The first kappa shape index (κ1) is 8.52. The van der Waals surface area contributed by atoms with E-state index in [4.69, 9.17) is 0 Å². The van der Waals surface area contributed by atoms with Crippen molar-refractivity contribution >= 4 is 15.9 Å². The average Bonchev–Trinajstić information content (AvgIpc) is 2.30. The molecule has 66 valence electrons. The van der Waals surface area contributed by atoms with Gasteiger partial charge in [0, 0.05) is 22.9 Å². The van der Waals surface area contributed by atoms with Crippen molar-refractivity contribution in [1.82, 2.24) is 0 Å². The first-order valence-corrected chi connectivity index (χ1v) is 5.32. The van der Waals surface area contributed by atoms with E-state index >= 15 is 0 Å². The van der Waals surface area contributed by atoms with E-state index in [1.165, 1.54) is 30.3 Å². The third-order valence-corrected chi connectivity index (χ3v) is 3.80. The number of hydrogen-bond acceptors (Lipinski definition) is 0. The Morgan fingerprint density at radius 1 is 1.33 bits per heavy atom. The Labute approximate surface area is 82.5 Å². The molecule has 0 spiro atoms. The lowest BCUT2D eigenvalue weighted by atomic mass is 10.0. The Bertz CT molecular complexity index is 274. The topological polar surface area (TPSA) is 0 Å². The van der Waals surface area contributed by atoms with Crippen LogP contribution in [0.25, 0.3) is 0 Å². The number of nitrogens with zero attached hydrogens (tertiary/aromatic N) is 1. The molecule has 2 heteroatoms. The second-order valence-electron chi connectivity index (χ2n) is 4.17. The zero-order valence-electron chi connectivity index (χ0n) is 7.73. The molecule has 1 aliphatic carbocycles. The summed E-state index contributed by atoms with van der Waals surface area (Å²) in [5.41, 5.74) is 3.22. The maximum atomic E-state index is 3.64. The molecule has 0 aromatic carbocycles. The van der Waals surface area contributed by atoms with E-state index in [0.717, 1.165) is 4.48 Å². The fraction of sp³-hybridized carbons (Fsp3) is 0.600. The van der Waals surface area contributed by atoms with Crippen molar-refractivity contribution in [2.45, 2.75) is 19.3 Å². The van der Waals surface area contributed by atoms with Crippen molar-refractivity contribution in [3.05, 3.63) is 21.8 Å². The van der Waals surface area contributed by atoms with Crippen LogP contribution in [-0.4, -0.2) is 25.1 Å². The molecule has 2 aliphatic rings. The Balaban J connectivity index is 2.41. The Morgan fingerprint density at radius 3 is 2.75 bits per heavy atom. The first-order valence-electron chi connectivity index (χ1n) is 4.53. The quantitative estimate of drug-likeness (QED) is 0.560. The lowest BCUT2D eigenvalue weighted by Crippen LogP contribution is -2.35. The number of rotatable bonds is 0. The average molecular weight is 229 g/mol. The second kappa shape index (κ2) is 2.71. The highest BCUT2D eigenvalue weighted by Gasteiger charge is 2.34. The van der Waals surface area contributed by atoms with Gasteiger partial charge < -0.3 is 0 Å². The normalized spacial score (nSPS) is 27.1. The van der Waals surface area contributed by atoms with Crippen molar-refractivity contribution in [2.24, 2.45) is 0 Å². The largest absolute Gasteiger partial charge is 0.299 e. The maximum absolute atomic E-state index is 3.64. The lowest BCUT2D eigenvalue weighted by Gasteiger charge is -2.27. The molecule has 0 saturated carbocycles. The molecular formula is C10H15BrN+. The summed E-state index contributed by atoms with van der Waals surface area (Å²) in [6, 6.07) is 0. The van der Waals surface area contributed by atoms with E-state index in [9.17, 15) is 0 Å². The van der Waals surface area contributed by atoms with Gasteiger partial charge in [0.1, 0.15) is 5.70 Å². The van der Waals surface area contributed by atoms with Gasteiger partial charge in [-0.1, -0.05) is 22.0 Å². The van der Waals surface area contributed by atoms with Gasteiger partial charge in [0.15, 0.2) is 0 Å². The fourth-order valence-corrected chi connectivity index (χ4v) is 2.86. The molecular weight excluding hydrogens is 214 g/mol. The molecule has 12 heavy (non-hydrogen) atoms. The van der Waals surface area contributed by atoms with Crippen molar-refractivity contribution in [2.75, 3.05) is 20.6 Å². The van der Waals surface area contributed by atoms with Crippen LogP contribution < -0.4 is 0 Å².